The van der Waals surface area contributed by atoms with Crippen LogP contribution in [0.5, 0.6) is 0 Å². The zero-order chi connectivity index (χ0) is 10.7. The fourth-order valence-electron chi connectivity index (χ4n) is 1.37. The predicted molar refractivity (Wildman–Crippen MR) is 61.1 cm³/mol. The summed E-state index contributed by atoms with van der Waals surface area (Å²) in [6, 6.07) is 9.52. The molecule has 0 aliphatic heterocycles. The van der Waals surface area contributed by atoms with Gasteiger partial charge in [-0.15, -0.1) is 11.3 Å². The Morgan fingerprint density at radius 3 is 2.47 bits per heavy atom. The quantitative estimate of drug-likeness (QED) is 0.804. The molecule has 2 nitrogen and oxygen atoms in total. The summed E-state index contributed by atoms with van der Waals surface area (Å²) in [6.45, 7) is 0.0590. The number of carbonyl (C=O) groups excluding carboxylic acids is 1. The summed E-state index contributed by atoms with van der Waals surface area (Å²) >= 11 is 1.44. The molecule has 1 aromatic heterocycles. The molecule has 2 rings (SSSR count). The van der Waals surface area contributed by atoms with Crippen molar-refractivity contribution < 1.29 is 9.90 Å². The Kier molecular flexibility index (Phi) is 2.94. The van der Waals surface area contributed by atoms with Crippen molar-refractivity contribution in [3.05, 3.63) is 46.2 Å². The molecule has 0 amide bonds. The van der Waals surface area contributed by atoms with Crippen LogP contribution >= 0.6 is 11.3 Å². The maximum Gasteiger partial charge on any atom is 0.160 e. The number of aliphatic hydroxyl groups is 1. The second-order valence-electron chi connectivity index (χ2n) is 3.21. The van der Waals surface area contributed by atoms with Gasteiger partial charge in [-0.25, -0.2) is 0 Å². The third kappa shape index (κ3) is 2.14. The van der Waals surface area contributed by atoms with Crippen molar-refractivity contribution in [1.82, 2.24) is 0 Å². The molecule has 0 aliphatic rings. The van der Waals surface area contributed by atoms with Gasteiger partial charge < -0.3 is 5.11 Å². The van der Waals surface area contributed by atoms with Gasteiger partial charge in [-0.3, -0.25) is 4.79 Å². The van der Waals surface area contributed by atoms with E-state index in [-0.39, 0.29) is 6.61 Å². The average Bonchev–Trinajstić information content (AvgIpc) is 2.78. The second kappa shape index (κ2) is 4.38. The topological polar surface area (TPSA) is 37.3 Å². The highest BCUT2D eigenvalue weighted by Crippen LogP contribution is 2.24. The van der Waals surface area contributed by atoms with Crippen molar-refractivity contribution in [1.29, 1.82) is 0 Å². The number of aliphatic hydroxyl groups excluding tert-OH is 1. The lowest BCUT2D eigenvalue weighted by Gasteiger charge is -1.99. The van der Waals surface area contributed by atoms with Crippen LogP contribution in [0.2, 0.25) is 0 Å². The molecular weight excluding hydrogens is 208 g/mol. The number of carbonyl (C=O) groups is 1. The molecule has 1 heterocycles. The summed E-state index contributed by atoms with van der Waals surface area (Å²) in [7, 11) is 0. The lowest BCUT2D eigenvalue weighted by molar-refractivity contribution is 0.112. The standard InChI is InChI=1S/C12H10O2S/c13-6-9-1-3-10(4-2-9)11-5-12(7-14)15-8-11/h1-5,7-8,13H,6H2. The molecule has 0 atom stereocenters. The van der Waals surface area contributed by atoms with Crippen molar-refractivity contribution in [2.45, 2.75) is 6.61 Å². The third-order valence-corrected chi connectivity index (χ3v) is 3.06. The molecule has 1 aromatic carbocycles. The van der Waals surface area contributed by atoms with E-state index in [9.17, 15) is 4.79 Å². The van der Waals surface area contributed by atoms with Crippen molar-refractivity contribution in [2.24, 2.45) is 0 Å². The molecule has 0 saturated heterocycles. The molecule has 0 radical (unpaired) electrons. The van der Waals surface area contributed by atoms with Gasteiger partial charge in [0, 0.05) is 0 Å². The SMILES string of the molecule is O=Cc1cc(-c2ccc(CO)cc2)cs1. The number of hydrogen-bond acceptors (Lipinski definition) is 3. The summed E-state index contributed by atoms with van der Waals surface area (Å²) in [5.74, 6) is 0. The third-order valence-electron chi connectivity index (χ3n) is 2.21. The molecule has 0 aliphatic carbocycles. The van der Waals surface area contributed by atoms with Crippen molar-refractivity contribution in [3.8, 4) is 11.1 Å². The summed E-state index contributed by atoms with van der Waals surface area (Å²) < 4.78 is 0. The van der Waals surface area contributed by atoms with Crippen LogP contribution in [-0.2, 0) is 6.61 Å². The highest BCUT2D eigenvalue weighted by Gasteiger charge is 2.01. The van der Waals surface area contributed by atoms with E-state index >= 15 is 0 Å². The fourth-order valence-corrected chi connectivity index (χ4v) is 2.09. The molecule has 0 saturated carbocycles. The zero-order valence-electron chi connectivity index (χ0n) is 8.01. The number of thiophene rings is 1. The normalized spacial score (nSPS) is 10.2. The van der Waals surface area contributed by atoms with E-state index in [0.717, 1.165) is 27.9 Å². The first-order chi connectivity index (χ1) is 7.33. The Hall–Kier alpha value is -1.45. The molecule has 0 unspecified atom stereocenters. The van der Waals surface area contributed by atoms with Gasteiger partial charge in [-0.2, -0.15) is 0 Å². The Labute approximate surface area is 91.8 Å². The van der Waals surface area contributed by atoms with E-state index in [1.807, 2.05) is 35.7 Å². The number of aldehydes is 1. The van der Waals surface area contributed by atoms with Gasteiger partial charge in [0.15, 0.2) is 6.29 Å². The minimum atomic E-state index is 0.0590. The van der Waals surface area contributed by atoms with Gasteiger partial charge in [0.1, 0.15) is 0 Å². The first-order valence-corrected chi connectivity index (χ1v) is 5.45. The summed E-state index contributed by atoms with van der Waals surface area (Å²) in [4.78, 5) is 11.3. The average molecular weight is 218 g/mol. The highest BCUT2D eigenvalue weighted by molar-refractivity contribution is 7.12. The van der Waals surface area contributed by atoms with Gasteiger partial charge in [0.2, 0.25) is 0 Å². The summed E-state index contributed by atoms with van der Waals surface area (Å²) in [5, 5.41) is 10.9. The summed E-state index contributed by atoms with van der Waals surface area (Å²) in [5.41, 5.74) is 3.01. The van der Waals surface area contributed by atoms with Crippen LogP contribution in [0.15, 0.2) is 35.7 Å². The maximum atomic E-state index is 10.5. The fraction of sp³-hybridized carbons (Fsp3) is 0.0833. The molecule has 0 spiro atoms. The van der Waals surface area contributed by atoms with E-state index in [0.29, 0.717) is 0 Å². The highest BCUT2D eigenvalue weighted by atomic mass is 32.1. The molecule has 1 N–H and O–H groups in total. The van der Waals surface area contributed by atoms with Gasteiger partial charge in [-0.05, 0) is 28.1 Å². The van der Waals surface area contributed by atoms with Gasteiger partial charge in [-0.1, -0.05) is 24.3 Å². The largest absolute Gasteiger partial charge is 0.392 e. The van der Waals surface area contributed by atoms with Crippen molar-refractivity contribution in [3.63, 3.8) is 0 Å². The predicted octanol–water partition coefficient (Wildman–Crippen LogP) is 2.72. The molecule has 0 fully saturated rings. The molecular formula is C12H10O2S. The van der Waals surface area contributed by atoms with E-state index in [2.05, 4.69) is 0 Å². The van der Waals surface area contributed by atoms with Gasteiger partial charge in [0.05, 0.1) is 11.5 Å². The number of hydrogen-bond donors (Lipinski definition) is 1. The Balaban J connectivity index is 2.32. The molecule has 2 aromatic rings. The lowest BCUT2D eigenvalue weighted by atomic mass is 10.1. The van der Waals surface area contributed by atoms with Crippen LogP contribution in [0.3, 0.4) is 0 Å². The van der Waals surface area contributed by atoms with Crippen LogP contribution in [-0.4, -0.2) is 11.4 Å². The van der Waals surface area contributed by atoms with Crippen LogP contribution in [0, 0.1) is 0 Å². The molecule has 15 heavy (non-hydrogen) atoms. The van der Waals surface area contributed by atoms with Gasteiger partial charge >= 0.3 is 0 Å². The van der Waals surface area contributed by atoms with Crippen LogP contribution in [0.25, 0.3) is 11.1 Å². The molecule has 76 valence electrons. The van der Waals surface area contributed by atoms with E-state index < -0.39 is 0 Å². The molecule has 0 bridgehead atoms. The number of benzene rings is 1. The molecule has 3 heteroatoms. The maximum absolute atomic E-state index is 10.5. The monoisotopic (exact) mass is 218 g/mol. The first kappa shape index (κ1) is 10.1. The van der Waals surface area contributed by atoms with Crippen molar-refractivity contribution >= 4 is 17.6 Å². The van der Waals surface area contributed by atoms with E-state index in [4.69, 9.17) is 5.11 Å². The first-order valence-electron chi connectivity index (χ1n) is 4.57. The van der Waals surface area contributed by atoms with E-state index in [1.54, 1.807) is 0 Å². The Morgan fingerprint density at radius 1 is 1.20 bits per heavy atom. The van der Waals surface area contributed by atoms with Crippen LogP contribution in [0.1, 0.15) is 15.2 Å². The number of rotatable bonds is 3. The lowest BCUT2D eigenvalue weighted by Crippen LogP contribution is -1.81. The Morgan fingerprint density at radius 2 is 1.93 bits per heavy atom. The minimum Gasteiger partial charge on any atom is -0.392 e. The second-order valence-corrected chi connectivity index (χ2v) is 4.15. The van der Waals surface area contributed by atoms with Crippen LogP contribution < -0.4 is 0 Å². The smallest absolute Gasteiger partial charge is 0.160 e. The zero-order valence-corrected chi connectivity index (χ0v) is 8.83. The van der Waals surface area contributed by atoms with Crippen molar-refractivity contribution in [2.75, 3.05) is 0 Å². The van der Waals surface area contributed by atoms with E-state index in [1.165, 1.54) is 11.3 Å². The minimum absolute atomic E-state index is 0.0590. The summed E-state index contributed by atoms with van der Waals surface area (Å²) in [6.07, 6.45) is 0.857. The van der Waals surface area contributed by atoms with Gasteiger partial charge in [0.25, 0.3) is 0 Å². The van der Waals surface area contributed by atoms with Crippen LogP contribution in [0.4, 0.5) is 0 Å². The Bertz CT molecular complexity index is 457.